The van der Waals surface area contributed by atoms with Crippen molar-refractivity contribution >= 4 is 23.2 Å². The van der Waals surface area contributed by atoms with Gasteiger partial charge in [0.1, 0.15) is 0 Å². The lowest BCUT2D eigenvalue weighted by atomic mass is 9.95. The number of hydrogen-bond donors (Lipinski definition) is 1. The number of hydrogen-bond acceptors (Lipinski definition) is 1. The molecule has 2 aromatic carbocycles. The van der Waals surface area contributed by atoms with Gasteiger partial charge in [-0.3, -0.25) is 4.79 Å². The van der Waals surface area contributed by atoms with Crippen LogP contribution in [0.1, 0.15) is 18.4 Å². The average Bonchev–Trinajstić information content (AvgIpc) is 3.25. The third-order valence-electron chi connectivity index (χ3n) is 3.75. The molecule has 0 spiro atoms. The summed E-state index contributed by atoms with van der Waals surface area (Å²) in [4.78, 5) is 12.5. The number of rotatable bonds is 3. The maximum atomic E-state index is 13.2. The molecule has 2 nitrogen and oxygen atoms in total. The molecule has 1 aliphatic rings. The molecule has 108 valence electrons. The minimum Gasteiger partial charge on any atom is -0.325 e. The predicted molar refractivity (Wildman–Crippen MR) is 77.4 cm³/mol. The van der Waals surface area contributed by atoms with Gasteiger partial charge >= 0.3 is 0 Å². The van der Waals surface area contributed by atoms with Crippen molar-refractivity contribution in [3.8, 4) is 0 Å². The second-order valence-electron chi connectivity index (χ2n) is 5.14. The molecule has 1 fully saturated rings. The second kappa shape index (κ2) is 5.11. The summed E-state index contributed by atoms with van der Waals surface area (Å²) in [6.45, 7) is 0. The number of halogens is 3. The molecule has 0 heterocycles. The summed E-state index contributed by atoms with van der Waals surface area (Å²) in [6.07, 6.45) is 1.37. The summed E-state index contributed by atoms with van der Waals surface area (Å²) >= 11 is 6.15. The second-order valence-corrected chi connectivity index (χ2v) is 5.55. The average molecular weight is 308 g/mol. The lowest BCUT2D eigenvalue weighted by Crippen LogP contribution is -2.28. The molecule has 0 radical (unpaired) electrons. The summed E-state index contributed by atoms with van der Waals surface area (Å²) in [5.41, 5.74) is 0.340. The van der Waals surface area contributed by atoms with E-state index in [1.807, 2.05) is 12.1 Å². The van der Waals surface area contributed by atoms with Crippen LogP contribution < -0.4 is 5.32 Å². The maximum absolute atomic E-state index is 13.2. The van der Waals surface area contributed by atoms with Crippen molar-refractivity contribution in [2.75, 3.05) is 5.32 Å². The van der Waals surface area contributed by atoms with Crippen LogP contribution in [0.25, 0.3) is 0 Å². The summed E-state index contributed by atoms with van der Waals surface area (Å²) < 4.78 is 26.1. The Hall–Kier alpha value is -1.94. The van der Waals surface area contributed by atoms with Gasteiger partial charge in [-0.05, 0) is 36.6 Å². The van der Waals surface area contributed by atoms with E-state index in [-0.39, 0.29) is 11.6 Å². The topological polar surface area (TPSA) is 29.1 Å². The zero-order chi connectivity index (χ0) is 15.0. The Kier molecular flexibility index (Phi) is 3.41. The van der Waals surface area contributed by atoms with Crippen molar-refractivity contribution in [3.05, 3.63) is 64.7 Å². The van der Waals surface area contributed by atoms with Gasteiger partial charge in [-0.25, -0.2) is 8.78 Å². The van der Waals surface area contributed by atoms with E-state index in [2.05, 4.69) is 5.32 Å². The Morgan fingerprint density at radius 1 is 1.10 bits per heavy atom. The van der Waals surface area contributed by atoms with Crippen LogP contribution in [-0.4, -0.2) is 5.91 Å². The zero-order valence-corrected chi connectivity index (χ0v) is 11.8. The molecule has 1 N–H and O–H groups in total. The summed E-state index contributed by atoms with van der Waals surface area (Å²) in [7, 11) is 0. The quantitative estimate of drug-likeness (QED) is 0.900. The van der Waals surface area contributed by atoms with Crippen LogP contribution in [0.4, 0.5) is 14.5 Å². The number of carbonyl (C=O) groups is 1. The van der Waals surface area contributed by atoms with Crippen molar-refractivity contribution in [2.45, 2.75) is 18.3 Å². The molecule has 0 atom stereocenters. The number of nitrogens with one attached hydrogen (secondary N) is 1. The molecule has 0 aliphatic heterocycles. The van der Waals surface area contributed by atoms with Crippen LogP contribution in [0.15, 0.2) is 42.5 Å². The highest BCUT2D eigenvalue weighted by Gasteiger charge is 2.52. The third kappa shape index (κ3) is 2.51. The van der Waals surface area contributed by atoms with E-state index < -0.39 is 17.0 Å². The predicted octanol–water partition coefficient (Wildman–Crippen LogP) is 4.29. The highest BCUT2D eigenvalue weighted by Crippen LogP contribution is 2.51. The Balaban J connectivity index is 1.85. The smallest absolute Gasteiger partial charge is 0.235 e. The summed E-state index contributed by atoms with van der Waals surface area (Å²) in [5, 5.41) is 3.17. The first-order valence-corrected chi connectivity index (χ1v) is 6.92. The van der Waals surface area contributed by atoms with E-state index in [1.165, 1.54) is 6.07 Å². The minimum absolute atomic E-state index is 0.234. The molecule has 3 rings (SSSR count). The van der Waals surface area contributed by atoms with Crippen LogP contribution >= 0.6 is 11.6 Å². The lowest BCUT2D eigenvalue weighted by Gasteiger charge is -2.17. The van der Waals surface area contributed by atoms with Gasteiger partial charge in [0.05, 0.1) is 5.41 Å². The Morgan fingerprint density at radius 3 is 2.43 bits per heavy atom. The third-order valence-corrected chi connectivity index (χ3v) is 4.08. The van der Waals surface area contributed by atoms with Crippen LogP contribution in [0, 0.1) is 11.6 Å². The van der Waals surface area contributed by atoms with E-state index >= 15 is 0 Å². The standard InChI is InChI=1S/C16H12ClF2NO/c17-12-4-2-1-3-11(12)16(7-8-16)15(21)20-10-5-6-13(18)14(19)9-10/h1-6,9H,7-8H2,(H,20,21). The van der Waals surface area contributed by atoms with Crippen molar-refractivity contribution in [3.63, 3.8) is 0 Å². The van der Waals surface area contributed by atoms with Crippen molar-refractivity contribution in [1.82, 2.24) is 0 Å². The zero-order valence-electron chi connectivity index (χ0n) is 11.0. The fourth-order valence-electron chi connectivity index (χ4n) is 2.42. The molecule has 1 aliphatic carbocycles. The first-order valence-electron chi connectivity index (χ1n) is 6.54. The highest BCUT2D eigenvalue weighted by molar-refractivity contribution is 6.32. The molecular formula is C16H12ClF2NO. The van der Waals surface area contributed by atoms with Gasteiger partial charge in [-0.1, -0.05) is 29.8 Å². The Labute approximate surface area is 125 Å². The molecule has 0 bridgehead atoms. The van der Waals surface area contributed by atoms with Gasteiger partial charge in [-0.15, -0.1) is 0 Å². The Bertz CT molecular complexity index is 713. The maximum Gasteiger partial charge on any atom is 0.235 e. The molecule has 1 saturated carbocycles. The van der Waals surface area contributed by atoms with Gasteiger partial charge in [0.15, 0.2) is 11.6 Å². The molecule has 21 heavy (non-hydrogen) atoms. The van der Waals surface area contributed by atoms with Crippen LogP contribution in [0.5, 0.6) is 0 Å². The van der Waals surface area contributed by atoms with Gasteiger partial charge in [0.25, 0.3) is 0 Å². The monoisotopic (exact) mass is 307 g/mol. The fraction of sp³-hybridized carbons (Fsp3) is 0.188. The normalized spacial score (nSPS) is 15.6. The minimum atomic E-state index is -0.990. The van der Waals surface area contributed by atoms with Gasteiger partial charge < -0.3 is 5.32 Å². The SMILES string of the molecule is O=C(Nc1ccc(F)c(F)c1)C1(c2ccccc2Cl)CC1. The van der Waals surface area contributed by atoms with Crippen molar-refractivity contribution < 1.29 is 13.6 Å². The molecule has 0 aromatic heterocycles. The summed E-state index contributed by atoms with van der Waals surface area (Å²) in [6, 6.07) is 10.5. The lowest BCUT2D eigenvalue weighted by molar-refractivity contribution is -0.118. The van der Waals surface area contributed by atoms with Gasteiger partial charge in [0.2, 0.25) is 5.91 Å². The first kappa shape index (κ1) is 14.0. The van der Waals surface area contributed by atoms with E-state index in [9.17, 15) is 13.6 Å². The fourth-order valence-corrected chi connectivity index (χ4v) is 2.73. The van der Waals surface area contributed by atoms with Crippen LogP contribution in [0.2, 0.25) is 5.02 Å². The van der Waals surface area contributed by atoms with Crippen LogP contribution in [0.3, 0.4) is 0 Å². The molecule has 5 heteroatoms. The van der Waals surface area contributed by atoms with Crippen molar-refractivity contribution in [2.24, 2.45) is 0 Å². The number of amides is 1. The molecule has 1 amide bonds. The highest BCUT2D eigenvalue weighted by atomic mass is 35.5. The van der Waals surface area contributed by atoms with Gasteiger partial charge in [-0.2, -0.15) is 0 Å². The summed E-state index contributed by atoms with van der Waals surface area (Å²) in [5.74, 6) is -2.18. The number of benzene rings is 2. The molecular weight excluding hydrogens is 296 g/mol. The molecule has 2 aromatic rings. The van der Waals surface area contributed by atoms with Crippen LogP contribution in [-0.2, 0) is 10.2 Å². The number of carbonyl (C=O) groups excluding carboxylic acids is 1. The van der Waals surface area contributed by atoms with Gasteiger partial charge in [0, 0.05) is 16.8 Å². The number of anilines is 1. The largest absolute Gasteiger partial charge is 0.325 e. The van der Waals surface area contributed by atoms with E-state index in [4.69, 9.17) is 11.6 Å². The Morgan fingerprint density at radius 2 is 1.81 bits per heavy atom. The van der Waals surface area contributed by atoms with E-state index in [0.29, 0.717) is 17.9 Å². The molecule has 0 unspecified atom stereocenters. The van der Waals surface area contributed by atoms with Crippen molar-refractivity contribution in [1.29, 1.82) is 0 Å². The first-order chi connectivity index (χ1) is 10.0. The van der Waals surface area contributed by atoms with E-state index in [1.54, 1.807) is 12.1 Å². The molecule has 0 saturated heterocycles. The van der Waals surface area contributed by atoms with E-state index in [0.717, 1.165) is 17.7 Å².